The zero-order chi connectivity index (χ0) is 36.7. The number of rotatable bonds is 5. The van der Waals surface area contributed by atoms with Gasteiger partial charge in [-0.25, -0.2) is 15.0 Å². The Morgan fingerprint density at radius 2 is 0.873 bits per heavy atom. The lowest BCUT2D eigenvalue weighted by atomic mass is 9.81. The highest BCUT2D eigenvalue weighted by atomic mass is 15.0. The zero-order valence-corrected chi connectivity index (χ0v) is 30.5. The molecule has 1 aliphatic rings. The average molecular weight is 703 g/mol. The molecule has 1 aliphatic carbocycles. The molecule has 0 unspecified atom stereocenters. The molecule has 0 saturated carbocycles. The molecule has 0 bridgehead atoms. The molecule has 0 N–H and O–H groups in total. The van der Waals surface area contributed by atoms with Crippen molar-refractivity contribution < 1.29 is 0 Å². The fourth-order valence-corrected chi connectivity index (χ4v) is 8.74. The van der Waals surface area contributed by atoms with Gasteiger partial charge in [0, 0.05) is 34.5 Å². The molecule has 10 aromatic rings. The second-order valence-electron chi connectivity index (χ2n) is 15.1. The molecule has 4 heteroatoms. The lowest BCUT2D eigenvalue weighted by Gasteiger charge is -2.22. The van der Waals surface area contributed by atoms with Crippen molar-refractivity contribution in [1.82, 2.24) is 19.9 Å². The standard InChI is InChI=1S/C51H34N4/c1-51(2)44-9-4-3-8-40(44)41-23-22-39(30-45(41)51)32-12-18-38(19-13-32)49-53-48(37-16-10-31(11-17-37)33-26-28-52-29-27-33)54-50(55-49)43-25-21-36-15-14-34-6-5-7-35-20-24-42(43)47(36)46(34)35/h3-30H,1-2H3. The topological polar surface area (TPSA) is 51.6 Å². The third kappa shape index (κ3) is 4.99. The van der Waals surface area contributed by atoms with E-state index in [-0.39, 0.29) is 5.41 Å². The molecule has 0 aliphatic heterocycles. The monoisotopic (exact) mass is 702 g/mol. The summed E-state index contributed by atoms with van der Waals surface area (Å²) in [4.78, 5) is 19.7. The predicted octanol–water partition coefficient (Wildman–Crippen LogP) is 12.8. The summed E-state index contributed by atoms with van der Waals surface area (Å²) in [5, 5.41) is 7.32. The predicted molar refractivity (Wildman–Crippen MR) is 226 cm³/mol. The first-order valence-corrected chi connectivity index (χ1v) is 18.8. The molecule has 55 heavy (non-hydrogen) atoms. The van der Waals surface area contributed by atoms with Crippen molar-refractivity contribution in [3.63, 3.8) is 0 Å². The minimum Gasteiger partial charge on any atom is -0.265 e. The Bertz CT molecular complexity index is 3080. The van der Waals surface area contributed by atoms with E-state index >= 15 is 0 Å². The van der Waals surface area contributed by atoms with Crippen LogP contribution in [-0.4, -0.2) is 19.9 Å². The van der Waals surface area contributed by atoms with E-state index in [4.69, 9.17) is 15.0 Å². The third-order valence-corrected chi connectivity index (χ3v) is 11.6. The van der Waals surface area contributed by atoms with Gasteiger partial charge in [-0.15, -0.1) is 0 Å². The molecule has 2 aromatic heterocycles. The maximum Gasteiger partial charge on any atom is 0.164 e. The molecule has 0 saturated heterocycles. The van der Waals surface area contributed by atoms with E-state index in [1.54, 1.807) is 0 Å². The van der Waals surface area contributed by atoms with Gasteiger partial charge in [0.15, 0.2) is 17.5 Å². The molecule has 0 amide bonds. The Kier molecular flexibility index (Phi) is 6.86. The number of fused-ring (bicyclic) bond motifs is 3. The second-order valence-corrected chi connectivity index (χ2v) is 15.1. The third-order valence-electron chi connectivity index (χ3n) is 11.6. The summed E-state index contributed by atoms with van der Waals surface area (Å²) in [5.41, 5.74) is 12.8. The van der Waals surface area contributed by atoms with Gasteiger partial charge in [0.25, 0.3) is 0 Å². The highest BCUT2D eigenvalue weighted by molar-refractivity contribution is 6.25. The Morgan fingerprint density at radius 1 is 0.364 bits per heavy atom. The first-order valence-electron chi connectivity index (χ1n) is 18.8. The highest BCUT2D eigenvalue weighted by Gasteiger charge is 2.35. The smallest absolute Gasteiger partial charge is 0.164 e. The molecule has 0 atom stereocenters. The molecule has 8 aromatic carbocycles. The summed E-state index contributed by atoms with van der Waals surface area (Å²) in [6.07, 6.45) is 3.64. The summed E-state index contributed by atoms with van der Waals surface area (Å²) in [6.45, 7) is 4.65. The van der Waals surface area contributed by atoms with Gasteiger partial charge in [0.2, 0.25) is 0 Å². The summed E-state index contributed by atoms with van der Waals surface area (Å²) in [6, 6.07) is 56.5. The van der Waals surface area contributed by atoms with Crippen LogP contribution in [0.4, 0.5) is 0 Å². The summed E-state index contributed by atoms with van der Waals surface area (Å²) >= 11 is 0. The second kappa shape index (κ2) is 12.0. The van der Waals surface area contributed by atoms with E-state index in [2.05, 4.69) is 164 Å². The molecular formula is C51H34N4. The van der Waals surface area contributed by atoms with Gasteiger partial charge in [0.05, 0.1) is 0 Å². The van der Waals surface area contributed by atoms with Crippen molar-refractivity contribution in [3.8, 4) is 67.5 Å². The minimum atomic E-state index is -0.0544. The maximum atomic E-state index is 5.21. The Balaban J connectivity index is 1.04. The number of benzene rings is 8. The Labute approximate surface area is 319 Å². The fourth-order valence-electron chi connectivity index (χ4n) is 8.74. The number of pyridine rings is 1. The molecule has 11 rings (SSSR count). The van der Waals surface area contributed by atoms with Crippen LogP contribution in [0.1, 0.15) is 25.0 Å². The Hall–Kier alpha value is -7.04. The van der Waals surface area contributed by atoms with Crippen LogP contribution in [0.3, 0.4) is 0 Å². The van der Waals surface area contributed by atoms with Gasteiger partial charge in [-0.05, 0) is 101 Å². The van der Waals surface area contributed by atoms with Crippen molar-refractivity contribution in [3.05, 3.63) is 181 Å². The van der Waals surface area contributed by atoms with Crippen LogP contribution in [-0.2, 0) is 5.41 Å². The summed E-state index contributed by atoms with van der Waals surface area (Å²) in [7, 11) is 0. The maximum absolute atomic E-state index is 5.21. The number of nitrogens with zero attached hydrogens (tertiary/aromatic N) is 4. The van der Waals surface area contributed by atoms with Crippen LogP contribution >= 0.6 is 0 Å². The van der Waals surface area contributed by atoms with E-state index in [1.165, 1.54) is 54.7 Å². The molecular weight excluding hydrogens is 669 g/mol. The lowest BCUT2D eigenvalue weighted by Crippen LogP contribution is -2.14. The fraction of sp³-hybridized carbons (Fsp3) is 0.0588. The molecule has 258 valence electrons. The highest BCUT2D eigenvalue weighted by Crippen LogP contribution is 2.49. The van der Waals surface area contributed by atoms with Crippen LogP contribution in [0.5, 0.6) is 0 Å². The van der Waals surface area contributed by atoms with Crippen molar-refractivity contribution in [2.24, 2.45) is 0 Å². The van der Waals surface area contributed by atoms with Crippen molar-refractivity contribution in [2.45, 2.75) is 19.3 Å². The first kappa shape index (κ1) is 31.5. The largest absolute Gasteiger partial charge is 0.265 e. The first-order chi connectivity index (χ1) is 27.0. The van der Waals surface area contributed by atoms with E-state index in [9.17, 15) is 0 Å². The van der Waals surface area contributed by atoms with Gasteiger partial charge in [-0.2, -0.15) is 0 Å². The van der Waals surface area contributed by atoms with Crippen molar-refractivity contribution in [2.75, 3.05) is 0 Å². The van der Waals surface area contributed by atoms with Crippen LogP contribution in [0.15, 0.2) is 170 Å². The molecule has 0 radical (unpaired) electrons. The molecule has 2 heterocycles. The summed E-state index contributed by atoms with van der Waals surface area (Å²) < 4.78 is 0. The average Bonchev–Trinajstić information content (AvgIpc) is 3.48. The van der Waals surface area contributed by atoms with Crippen LogP contribution in [0.25, 0.3) is 99.9 Å². The minimum absolute atomic E-state index is 0.0544. The quantitative estimate of drug-likeness (QED) is 0.168. The van der Waals surface area contributed by atoms with Crippen LogP contribution in [0.2, 0.25) is 0 Å². The zero-order valence-electron chi connectivity index (χ0n) is 30.5. The van der Waals surface area contributed by atoms with Gasteiger partial charge in [0.1, 0.15) is 0 Å². The van der Waals surface area contributed by atoms with Gasteiger partial charge >= 0.3 is 0 Å². The summed E-state index contributed by atoms with van der Waals surface area (Å²) in [5.74, 6) is 1.93. The normalized spacial score (nSPS) is 13.1. The number of hydrogen-bond donors (Lipinski definition) is 0. The van der Waals surface area contributed by atoms with Gasteiger partial charge in [-0.3, -0.25) is 4.98 Å². The Morgan fingerprint density at radius 3 is 1.58 bits per heavy atom. The van der Waals surface area contributed by atoms with Crippen LogP contribution < -0.4 is 0 Å². The van der Waals surface area contributed by atoms with Gasteiger partial charge < -0.3 is 0 Å². The van der Waals surface area contributed by atoms with E-state index in [1.807, 2.05) is 24.5 Å². The molecule has 4 nitrogen and oxygen atoms in total. The van der Waals surface area contributed by atoms with Crippen molar-refractivity contribution >= 4 is 32.3 Å². The number of aromatic nitrogens is 4. The lowest BCUT2D eigenvalue weighted by molar-refractivity contribution is 0.660. The molecule has 0 fully saturated rings. The van der Waals surface area contributed by atoms with Gasteiger partial charge in [-0.1, -0.05) is 147 Å². The van der Waals surface area contributed by atoms with Crippen LogP contribution in [0, 0.1) is 0 Å². The molecule has 0 spiro atoms. The van der Waals surface area contributed by atoms with Crippen molar-refractivity contribution in [1.29, 1.82) is 0 Å². The SMILES string of the molecule is CC1(C)c2ccccc2-c2ccc(-c3ccc(-c4nc(-c5ccc(-c6ccncc6)cc5)nc(-c5ccc6ccc7cccc8ccc5c6c78)n4)cc3)cc21. The van der Waals surface area contributed by atoms with E-state index in [0.29, 0.717) is 17.5 Å². The van der Waals surface area contributed by atoms with E-state index in [0.717, 1.165) is 38.8 Å². The number of hydrogen-bond acceptors (Lipinski definition) is 4. The van der Waals surface area contributed by atoms with E-state index < -0.39 is 0 Å².